The average molecular weight is 287 g/mol. The van der Waals surface area contributed by atoms with Gasteiger partial charge in [0, 0.05) is 19.8 Å². The quantitative estimate of drug-likeness (QED) is 0.846. The summed E-state index contributed by atoms with van der Waals surface area (Å²) in [6.45, 7) is 0.434. The first kappa shape index (κ1) is 14.6. The average Bonchev–Trinajstić information content (AvgIpc) is 2.86. The summed E-state index contributed by atoms with van der Waals surface area (Å²) in [5.74, 6) is -0.449. The molecule has 0 radical (unpaired) electrons. The third-order valence-electron chi connectivity index (χ3n) is 2.95. The lowest BCUT2D eigenvalue weighted by Crippen LogP contribution is -2.27. The highest BCUT2D eigenvalue weighted by molar-refractivity contribution is 5.93. The number of aromatic nitrogens is 1. The summed E-state index contributed by atoms with van der Waals surface area (Å²) in [5.41, 5.74) is 1.91. The highest BCUT2D eigenvalue weighted by atomic mass is 16.5. The van der Waals surface area contributed by atoms with Crippen LogP contribution in [0.2, 0.25) is 0 Å². The van der Waals surface area contributed by atoms with Crippen molar-refractivity contribution >= 4 is 17.7 Å². The summed E-state index contributed by atoms with van der Waals surface area (Å²) in [5, 5.41) is 5.42. The van der Waals surface area contributed by atoms with Crippen LogP contribution in [-0.4, -0.2) is 23.7 Å². The number of nitrogens with zero attached hydrogens (tertiary/aromatic N) is 1. The number of hydrogen-bond donors (Lipinski definition) is 2. The van der Waals surface area contributed by atoms with Crippen molar-refractivity contribution in [2.75, 3.05) is 12.4 Å². The van der Waals surface area contributed by atoms with Gasteiger partial charge in [0.2, 0.25) is 0 Å². The van der Waals surface area contributed by atoms with Crippen molar-refractivity contribution < 1.29 is 14.3 Å². The summed E-state index contributed by atoms with van der Waals surface area (Å²) in [6.07, 6.45) is 1.65. The Kier molecular flexibility index (Phi) is 4.61. The number of urea groups is 1. The molecule has 2 N–H and O–H groups in total. The van der Waals surface area contributed by atoms with Gasteiger partial charge in [-0.15, -0.1) is 0 Å². The van der Waals surface area contributed by atoms with E-state index in [4.69, 9.17) is 0 Å². The minimum atomic E-state index is -0.449. The van der Waals surface area contributed by atoms with Crippen molar-refractivity contribution in [2.24, 2.45) is 7.05 Å². The van der Waals surface area contributed by atoms with Crippen molar-refractivity contribution in [1.82, 2.24) is 9.88 Å². The van der Waals surface area contributed by atoms with Crippen molar-refractivity contribution in [3.63, 3.8) is 0 Å². The number of aryl methyl sites for hydroxylation is 1. The maximum atomic E-state index is 11.8. The number of methoxy groups -OCH3 is 1. The molecule has 0 aliphatic rings. The molecule has 1 heterocycles. The van der Waals surface area contributed by atoms with Crippen molar-refractivity contribution in [3.05, 3.63) is 53.9 Å². The number of carbonyl (C=O) groups is 2. The van der Waals surface area contributed by atoms with Gasteiger partial charge in [0.15, 0.2) is 0 Å². The lowest BCUT2D eigenvalue weighted by molar-refractivity contribution is 0.0590. The van der Waals surface area contributed by atoms with Gasteiger partial charge >= 0.3 is 12.0 Å². The van der Waals surface area contributed by atoms with Gasteiger partial charge < -0.3 is 19.9 Å². The summed E-state index contributed by atoms with van der Waals surface area (Å²) in [6, 6.07) is 10.8. The summed E-state index contributed by atoms with van der Waals surface area (Å²) >= 11 is 0. The molecule has 0 saturated heterocycles. The monoisotopic (exact) mass is 287 g/mol. The number of benzene rings is 1. The number of anilines is 1. The van der Waals surface area contributed by atoms with E-state index in [0.29, 0.717) is 17.9 Å². The predicted octanol–water partition coefficient (Wildman–Crippen LogP) is 2.13. The lowest BCUT2D eigenvalue weighted by Gasteiger charge is -2.05. The van der Waals surface area contributed by atoms with Crippen LogP contribution in [-0.2, 0) is 18.3 Å². The number of carbonyl (C=O) groups excluding carboxylic acids is 2. The van der Waals surface area contributed by atoms with E-state index < -0.39 is 5.97 Å². The summed E-state index contributed by atoms with van der Waals surface area (Å²) in [7, 11) is 3.02. The number of hydrogen-bond acceptors (Lipinski definition) is 3. The standard InChI is InChI=1S/C15H17N3O3/c1-18-10-12(8-13(18)14(19)21-2)17-15(20)16-9-11-6-4-3-5-7-11/h3-8,10H,9H2,1-2H3,(H2,16,17,20). The summed E-state index contributed by atoms with van der Waals surface area (Å²) < 4.78 is 6.25. The molecule has 0 atom stereocenters. The second kappa shape index (κ2) is 6.60. The van der Waals surface area contributed by atoms with Crippen molar-refractivity contribution in [2.45, 2.75) is 6.54 Å². The van der Waals surface area contributed by atoms with Gasteiger partial charge in [-0.2, -0.15) is 0 Å². The Balaban J connectivity index is 1.92. The van der Waals surface area contributed by atoms with Gasteiger partial charge in [0.1, 0.15) is 5.69 Å². The minimum absolute atomic E-state index is 0.333. The highest BCUT2D eigenvalue weighted by Gasteiger charge is 2.13. The zero-order valence-electron chi connectivity index (χ0n) is 11.9. The number of nitrogens with one attached hydrogen (secondary N) is 2. The molecule has 0 saturated carbocycles. The Morgan fingerprint density at radius 2 is 1.95 bits per heavy atom. The molecule has 6 heteroatoms. The van der Waals surface area contributed by atoms with E-state index in [2.05, 4.69) is 15.4 Å². The van der Waals surface area contributed by atoms with E-state index in [1.54, 1.807) is 23.9 Å². The third kappa shape index (κ3) is 3.85. The first-order chi connectivity index (χ1) is 10.1. The zero-order valence-corrected chi connectivity index (χ0v) is 11.9. The smallest absolute Gasteiger partial charge is 0.354 e. The molecular weight excluding hydrogens is 270 g/mol. The van der Waals surface area contributed by atoms with Crippen LogP contribution in [0.5, 0.6) is 0 Å². The van der Waals surface area contributed by atoms with Gasteiger partial charge in [-0.05, 0) is 11.6 Å². The first-order valence-electron chi connectivity index (χ1n) is 6.43. The van der Waals surface area contributed by atoms with Gasteiger partial charge in [-0.25, -0.2) is 9.59 Å². The molecule has 2 aromatic rings. The van der Waals surface area contributed by atoms with Crippen LogP contribution < -0.4 is 10.6 Å². The second-order valence-corrected chi connectivity index (χ2v) is 4.51. The number of esters is 1. The fraction of sp³-hybridized carbons (Fsp3) is 0.200. The van der Waals surface area contributed by atoms with Crippen LogP contribution in [0.3, 0.4) is 0 Å². The molecule has 2 amide bonds. The molecule has 110 valence electrons. The van der Waals surface area contributed by atoms with Crippen LogP contribution in [0.15, 0.2) is 42.6 Å². The predicted molar refractivity (Wildman–Crippen MR) is 79.1 cm³/mol. The van der Waals surface area contributed by atoms with Crippen LogP contribution in [0.4, 0.5) is 10.5 Å². The Morgan fingerprint density at radius 3 is 2.62 bits per heavy atom. The van der Waals surface area contributed by atoms with E-state index >= 15 is 0 Å². The molecule has 2 rings (SSSR count). The van der Waals surface area contributed by atoms with Crippen LogP contribution in [0.25, 0.3) is 0 Å². The molecule has 0 aliphatic carbocycles. The van der Waals surface area contributed by atoms with E-state index in [0.717, 1.165) is 5.56 Å². The maximum Gasteiger partial charge on any atom is 0.354 e. The van der Waals surface area contributed by atoms with E-state index in [1.807, 2.05) is 30.3 Å². The van der Waals surface area contributed by atoms with Gasteiger partial charge in [0.05, 0.1) is 12.8 Å². The first-order valence-corrected chi connectivity index (χ1v) is 6.43. The molecule has 0 aliphatic heterocycles. The minimum Gasteiger partial charge on any atom is -0.464 e. The van der Waals surface area contributed by atoms with Crippen LogP contribution >= 0.6 is 0 Å². The largest absolute Gasteiger partial charge is 0.464 e. The Morgan fingerprint density at radius 1 is 1.24 bits per heavy atom. The topological polar surface area (TPSA) is 72.4 Å². The molecule has 1 aromatic carbocycles. The Hall–Kier alpha value is -2.76. The normalized spacial score (nSPS) is 10.0. The van der Waals surface area contributed by atoms with Crippen molar-refractivity contribution in [1.29, 1.82) is 0 Å². The SMILES string of the molecule is COC(=O)c1cc(NC(=O)NCc2ccccc2)cn1C. The molecule has 0 fully saturated rings. The van der Waals surface area contributed by atoms with Gasteiger partial charge in [-0.1, -0.05) is 30.3 Å². The fourth-order valence-electron chi connectivity index (χ4n) is 1.89. The molecule has 21 heavy (non-hydrogen) atoms. The lowest BCUT2D eigenvalue weighted by atomic mass is 10.2. The van der Waals surface area contributed by atoms with Crippen LogP contribution in [0, 0.1) is 0 Å². The molecule has 0 bridgehead atoms. The van der Waals surface area contributed by atoms with Crippen LogP contribution in [0.1, 0.15) is 16.1 Å². The number of rotatable bonds is 4. The second-order valence-electron chi connectivity index (χ2n) is 4.51. The number of ether oxygens (including phenoxy) is 1. The summed E-state index contributed by atoms with van der Waals surface area (Å²) in [4.78, 5) is 23.3. The fourth-order valence-corrected chi connectivity index (χ4v) is 1.89. The highest BCUT2D eigenvalue weighted by Crippen LogP contribution is 2.13. The van der Waals surface area contributed by atoms with E-state index in [-0.39, 0.29) is 6.03 Å². The van der Waals surface area contributed by atoms with Crippen molar-refractivity contribution in [3.8, 4) is 0 Å². The maximum absolute atomic E-state index is 11.8. The molecule has 0 unspecified atom stereocenters. The Bertz CT molecular complexity index is 635. The zero-order chi connectivity index (χ0) is 15.2. The molecular formula is C15H17N3O3. The van der Waals surface area contributed by atoms with Gasteiger partial charge in [0.25, 0.3) is 0 Å². The third-order valence-corrected chi connectivity index (χ3v) is 2.95. The Labute approximate surface area is 122 Å². The molecule has 1 aromatic heterocycles. The molecule has 6 nitrogen and oxygen atoms in total. The van der Waals surface area contributed by atoms with Gasteiger partial charge in [-0.3, -0.25) is 0 Å². The molecule has 0 spiro atoms. The van der Waals surface area contributed by atoms with E-state index in [1.165, 1.54) is 7.11 Å². The van der Waals surface area contributed by atoms with E-state index in [9.17, 15) is 9.59 Å². The number of amides is 2.